The van der Waals surface area contributed by atoms with E-state index in [1.165, 1.54) is 27.4 Å². The van der Waals surface area contributed by atoms with Crippen LogP contribution in [0.4, 0.5) is 10.5 Å². The first kappa shape index (κ1) is 17.7. The Balaban J connectivity index is 1.73. The van der Waals surface area contributed by atoms with Gasteiger partial charge in [-0.25, -0.2) is 18.8 Å². The fourth-order valence-electron chi connectivity index (χ4n) is 2.77. The van der Waals surface area contributed by atoms with Crippen molar-refractivity contribution in [2.45, 2.75) is 32.9 Å². The molecule has 9 heteroatoms. The molecule has 0 saturated carbocycles. The van der Waals surface area contributed by atoms with Gasteiger partial charge < -0.3 is 10.1 Å². The van der Waals surface area contributed by atoms with Gasteiger partial charge in [-0.15, -0.1) is 0 Å². The van der Waals surface area contributed by atoms with Gasteiger partial charge in [-0.1, -0.05) is 6.92 Å². The van der Waals surface area contributed by atoms with Crippen LogP contribution in [-0.2, 0) is 16.1 Å². The van der Waals surface area contributed by atoms with Crippen LogP contribution in [0.5, 0.6) is 0 Å². The van der Waals surface area contributed by atoms with Crippen molar-refractivity contribution < 1.29 is 14.3 Å². The Bertz CT molecular complexity index is 855. The lowest BCUT2D eigenvalue weighted by Gasteiger charge is -2.13. The number of amides is 2. The van der Waals surface area contributed by atoms with Gasteiger partial charge in [0, 0.05) is 19.2 Å². The minimum Gasteiger partial charge on any atom is -0.442 e. The van der Waals surface area contributed by atoms with Gasteiger partial charge >= 0.3 is 11.8 Å². The van der Waals surface area contributed by atoms with Crippen LogP contribution in [0.3, 0.4) is 0 Å². The zero-order chi connectivity index (χ0) is 18.7. The summed E-state index contributed by atoms with van der Waals surface area (Å²) in [6.45, 7) is 4.60. The number of carbonyl (C=O) groups excluding carboxylic acids is 2. The molecule has 138 valence electrons. The molecule has 1 saturated heterocycles. The van der Waals surface area contributed by atoms with Gasteiger partial charge in [0.1, 0.15) is 12.4 Å². The summed E-state index contributed by atoms with van der Waals surface area (Å²) in [5.74, 6) is -0.169. The maximum Gasteiger partial charge on any atom is 0.414 e. The monoisotopic (exact) mass is 359 g/mol. The Morgan fingerprint density at radius 1 is 1.27 bits per heavy atom. The maximum atomic E-state index is 12.3. The van der Waals surface area contributed by atoms with Gasteiger partial charge in [0.2, 0.25) is 5.91 Å². The van der Waals surface area contributed by atoms with Crippen molar-refractivity contribution in [1.29, 1.82) is 0 Å². The van der Waals surface area contributed by atoms with E-state index in [9.17, 15) is 14.4 Å². The molecule has 1 atom stereocenters. The van der Waals surface area contributed by atoms with Crippen molar-refractivity contribution in [3.8, 4) is 5.69 Å². The second-order valence-electron chi connectivity index (χ2n) is 6.08. The van der Waals surface area contributed by atoms with Crippen molar-refractivity contribution >= 4 is 17.7 Å². The quantitative estimate of drug-likeness (QED) is 0.826. The third-order valence-electron chi connectivity index (χ3n) is 4.06. The van der Waals surface area contributed by atoms with Crippen LogP contribution in [0.15, 0.2) is 35.4 Å². The van der Waals surface area contributed by atoms with Crippen LogP contribution in [0.2, 0.25) is 0 Å². The van der Waals surface area contributed by atoms with Crippen molar-refractivity contribution in [3.05, 3.63) is 41.1 Å². The second-order valence-corrected chi connectivity index (χ2v) is 6.08. The predicted octanol–water partition coefficient (Wildman–Crippen LogP) is 0.905. The van der Waals surface area contributed by atoms with Crippen molar-refractivity contribution in [2.24, 2.45) is 0 Å². The summed E-state index contributed by atoms with van der Waals surface area (Å²) in [5, 5.41) is 6.73. The van der Waals surface area contributed by atoms with E-state index in [2.05, 4.69) is 10.4 Å². The highest BCUT2D eigenvalue weighted by Gasteiger charge is 2.32. The van der Waals surface area contributed by atoms with Crippen molar-refractivity contribution in [1.82, 2.24) is 19.7 Å². The number of nitrogens with zero attached hydrogens (tertiary/aromatic N) is 4. The molecule has 1 fully saturated rings. The Hall–Kier alpha value is -3.10. The van der Waals surface area contributed by atoms with Crippen molar-refractivity contribution in [2.75, 3.05) is 18.0 Å². The van der Waals surface area contributed by atoms with Gasteiger partial charge in [-0.2, -0.15) is 5.10 Å². The molecule has 0 bridgehead atoms. The SMILES string of the molecule is CCCn1ncn(-c2ccc(N3C[C@H](CNC(C)=O)OC3=O)cc2)c1=O. The normalized spacial score (nSPS) is 16.6. The van der Waals surface area contributed by atoms with Gasteiger partial charge in [0.15, 0.2) is 0 Å². The summed E-state index contributed by atoms with van der Waals surface area (Å²) >= 11 is 0. The number of carbonyl (C=O) groups is 2. The van der Waals surface area contributed by atoms with E-state index in [-0.39, 0.29) is 24.2 Å². The van der Waals surface area contributed by atoms with Crippen molar-refractivity contribution in [3.63, 3.8) is 0 Å². The highest BCUT2D eigenvalue weighted by molar-refractivity contribution is 5.89. The molecule has 1 N–H and O–H groups in total. The summed E-state index contributed by atoms with van der Waals surface area (Å²) in [6.07, 6.45) is 1.47. The zero-order valence-corrected chi connectivity index (χ0v) is 14.7. The first-order valence-corrected chi connectivity index (χ1v) is 8.47. The fourth-order valence-corrected chi connectivity index (χ4v) is 2.77. The number of cyclic esters (lactones) is 1. The molecule has 9 nitrogen and oxygen atoms in total. The molecule has 3 rings (SSSR count). The summed E-state index contributed by atoms with van der Waals surface area (Å²) < 4.78 is 8.12. The maximum absolute atomic E-state index is 12.3. The molecular weight excluding hydrogens is 338 g/mol. The number of nitrogens with one attached hydrogen (secondary N) is 1. The van der Waals surface area contributed by atoms with E-state index in [4.69, 9.17) is 4.74 Å². The third kappa shape index (κ3) is 3.61. The van der Waals surface area contributed by atoms with Gasteiger partial charge in [0.25, 0.3) is 0 Å². The largest absolute Gasteiger partial charge is 0.442 e. The first-order chi connectivity index (χ1) is 12.5. The predicted molar refractivity (Wildman–Crippen MR) is 94.4 cm³/mol. The second kappa shape index (κ2) is 7.42. The van der Waals surface area contributed by atoms with Crippen LogP contribution >= 0.6 is 0 Å². The van der Waals surface area contributed by atoms with Crippen LogP contribution in [0.25, 0.3) is 5.69 Å². The Morgan fingerprint density at radius 3 is 2.62 bits per heavy atom. The third-order valence-corrected chi connectivity index (χ3v) is 4.06. The number of aromatic nitrogens is 3. The summed E-state index contributed by atoms with van der Waals surface area (Å²) in [7, 11) is 0. The number of hydrogen-bond acceptors (Lipinski definition) is 5. The summed E-state index contributed by atoms with van der Waals surface area (Å²) in [4.78, 5) is 36.8. The summed E-state index contributed by atoms with van der Waals surface area (Å²) in [6, 6.07) is 7.01. The molecule has 0 aliphatic carbocycles. The molecule has 0 unspecified atom stereocenters. The lowest BCUT2D eigenvalue weighted by molar-refractivity contribution is -0.119. The molecular formula is C17H21N5O4. The van der Waals surface area contributed by atoms with Crippen LogP contribution in [-0.4, -0.2) is 45.5 Å². The number of aryl methyl sites for hydroxylation is 1. The molecule has 0 spiro atoms. The number of rotatable bonds is 6. The molecule has 26 heavy (non-hydrogen) atoms. The Labute approximate surface area is 150 Å². The smallest absolute Gasteiger partial charge is 0.414 e. The van der Waals surface area contributed by atoms with Crippen LogP contribution < -0.4 is 15.9 Å². The Morgan fingerprint density at radius 2 is 1.96 bits per heavy atom. The van der Waals surface area contributed by atoms with E-state index in [1.807, 2.05) is 6.92 Å². The summed E-state index contributed by atoms with van der Waals surface area (Å²) in [5.41, 5.74) is 1.14. The van der Waals surface area contributed by atoms with Crippen LogP contribution in [0, 0.1) is 0 Å². The number of ether oxygens (including phenoxy) is 1. The van der Waals surface area contributed by atoms with Gasteiger partial charge in [-0.05, 0) is 30.7 Å². The first-order valence-electron chi connectivity index (χ1n) is 8.47. The van der Waals surface area contributed by atoms with E-state index < -0.39 is 6.09 Å². The highest BCUT2D eigenvalue weighted by atomic mass is 16.6. The molecule has 1 aliphatic rings. The standard InChI is InChI=1S/C17H21N5O4/c1-3-8-22-16(24)21(11-19-22)14-6-4-13(5-7-14)20-10-15(26-17(20)25)9-18-12(2)23/h4-7,11,15H,3,8-10H2,1-2H3,(H,18,23)/t15-/m0/s1. The highest BCUT2D eigenvalue weighted by Crippen LogP contribution is 2.22. The van der Waals surface area contributed by atoms with Gasteiger partial charge in [0.05, 0.1) is 18.8 Å². The van der Waals surface area contributed by atoms with E-state index in [1.54, 1.807) is 24.3 Å². The minimum atomic E-state index is -0.457. The molecule has 2 heterocycles. The fraction of sp³-hybridized carbons (Fsp3) is 0.412. The van der Waals surface area contributed by atoms with E-state index in [0.717, 1.165) is 6.42 Å². The molecule has 2 amide bonds. The number of benzene rings is 1. The number of anilines is 1. The molecule has 1 aromatic heterocycles. The molecule has 1 aromatic carbocycles. The average Bonchev–Trinajstić information content (AvgIpc) is 3.17. The molecule has 1 aliphatic heterocycles. The number of hydrogen-bond donors (Lipinski definition) is 1. The van der Waals surface area contributed by atoms with Gasteiger partial charge in [-0.3, -0.25) is 9.69 Å². The van der Waals surface area contributed by atoms with E-state index in [0.29, 0.717) is 24.5 Å². The van der Waals surface area contributed by atoms with E-state index >= 15 is 0 Å². The average molecular weight is 359 g/mol. The zero-order valence-electron chi connectivity index (χ0n) is 14.7. The molecule has 2 aromatic rings. The topological polar surface area (TPSA) is 98.5 Å². The Kier molecular flexibility index (Phi) is 5.06. The molecule has 0 radical (unpaired) electrons. The lowest BCUT2D eigenvalue weighted by atomic mass is 10.2. The van der Waals surface area contributed by atoms with Crippen LogP contribution in [0.1, 0.15) is 20.3 Å². The lowest BCUT2D eigenvalue weighted by Crippen LogP contribution is -2.33. The minimum absolute atomic E-state index is 0.169.